The van der Waals surface area contributed by atoms with E-state index in [1.807, 2.05) is 49.4 Å². The van der Waals surface area contributed by atoms with E-state index in [2.05, 4.69) is 16.2 Å². The highest BCUT2D eigenvalue weighted by atomic mass is 32.2. The first-order valence-corrected chi connectivity index (χ1v) is 11.5. The van der Waals surface area contributed by atoms with Crippen molar-refractivity contribution in [2.75, 3.05) is 6.54 Å². The zero-order chi connectivity index (χ0) is 21.4. The van der Waals surface area contributed by atoms with Gasteiger partial charge in [-0.3, -0.25) is 0 Å². The Hall–Kier alpha value is -3.29. The van der Waals surface area contributed by atoms with E-state index in [1.165, 1.54) is 9.87 Å². The van der Waals surface area contributed by atoms with Gasteiger partial charge in [-0.15, -0.1) is 0 Å². The topological polar surface area (TPSA) is 76.3 Å². The zero-order valence-corrected chi connectivity index (χ0v) is 17.8. The third-order valence-corrected chi connectivity index (χ3v) is 7.39. The molecule has 0 unspecified atom stereocenters. The molecule has 0 atom stereocenters. The predicted molar refractivity (Wildman–Crippen MR) is 118 cm³/mol. The van der Waals surface area contributed by atoms with Crippen LogP contribution in [0.1, 0.15) is 16.7 Å². The van der Waals surface area contributed by atoms with Crippen LogP contribution in [0.25, 0.3) is 22.8 Å². The first-order chi connectivity index (χ1) is 15.0. The molecule has 0 saturated heterocycles. The summed E-state index contributed by atoms with van der Waals surface area (Å²) in [6, 6.07) is 22.5. The van der Waals surface area contributed by atoms with Crippen LogP contribution in [-0.4, -0.2) is 29.4 Å². The number of sulfonamides is 1. The Morgan fingerprint density at radius 1 is 0.903 bits per heavy atom. The zero-order valence-electron chi connectivity index (χ0n) is 17.0. The Morgan fingerprint density at radius 3 is 2.48 bits per heavy atom. The molecule has 156 valence electrons. The summed E-state index contributed by atoms with van der Waals surface area (Å²) in [7, 11) is -3.64. The van der Waals surface area contributed by atoms with E-state index < -0.39 is 10.0 Å². The van der Waals surface area contributed by atoms with Gasteiger partial charge in [0.15, 0.2) is 0 Å². The molecule has 0 bridgehead atoms. The van der Waals surface area contributed by atoms with Crippen LogP contribution >= 0.6 is 0 Å². The fraction of sp³-hybridized carbons (Fsp3) is 0.167. The summed E-state index contributed by atoms with van der Waals surface area (Å²) < 4.78 is 33.6. The Kier molecular flexibility index (Phi) is 4.92. The molecule has 0 radical (unpaired) electrons. The molecule has 1 aliphatic rings. The van der Waals surface area contributed by atoms with Crippen LogP contribution in [0, 0.1) is 6.92 Å². The minimum atomic E-state index is -3.64. The highest BCUT2D eigenvalue weighted by Gasteiger charge is 2.28. The molecule has 0 saturated carbocycles. The second-order valence-corrected chi connectivity index (χ2v) is 9.61. The average molecular weight is 432 g/mol. The number of aryl methyl sites for hydroxylation is 1. The second kappa shape index (κ2) is 7.76. The fourth-order valence-electron chi connectivity index (χ4n) is 3.77. The maximum Gasteiger partial charge on any atom is 0.258 e. The Labute approximate surface area is 181 Å². The van der Waals surface area contributed by atoms with E-state index in [4.69, 9.17) is 4.52 Å². The number of aromatic nitrogens is 2. The molecule has 1 aliphatic heterocycles. The minimum Gasteiger partial charge on any atom is -0.334 e. The summed E-state index contributed by atoms with van der Waals surface area (Å²) in [6.07, 6.45) is 0.707. The lowest BCUT2D eigenvalue weighted by Gasteiger charge is -2.28. The van der Waals surface area contributed by atoms with Crippen LogP contribution in [0.15, 0.2) is 82.2 Å². The number of fused-ring (bicyclic) bond motifs is 1. The Morgan fingerprint density at radius 2 is 1.68 bits per heavy atom. The summed E-state index contributed by atoms with van der Waals surface area (Å²) in [4.78, 5) is 4.68. The van der Waals surface area contributed by atoms with Crippen molar-refractivity contribution in [2.45, 2.75) is 24.8 Å². The maximum atomic E-state index is 13.3. The number of nitrogens with zero attached hydrogens (tertiary/aromatic N) is 3. The molecule has 3 aromatic carbocycles. The van der Waals surface area contributed by atoms with Gasteiger partial charge >= 0.3 is 0 Å². The van der Waals surface area contributed by atoms with Crippen LogP contribution in [0.3, 0.4) is 0 Å². The summed E-state index contributed by atoms with van der Waals surface area (Å²) in [5, 5.41) is 4.05. The van der Waals surface area contributed by atoms with Gasteiger partial charge in [0.1, 0.15) is 0 Å². The van der Waals surface area contributed by atoms with Gasteiger partial charge in [-0.2, -0.15) is 9.29 Å². The number of hydrogen-bond acceptors (Lipinski definition) is 5. The lowest BCUT2D eigenvalue weighted by molar-refractivity contribution is 0.391. The Balaban J connectivity index is 1.43. The van der Waals surface area contributed by atoms with Crippen LogP contribution in [0.4, 0.5) is 0 Å². The molecule has 31 heavy (non-hydrogen) atoms. The predicted octanol–water partition coefficient (Wildman–Crippen LogP) is 4.46. The first kappa shape index (κ1) is 19.7. The molecule has 5 rings (SSSR count). The van der Waals surface area contributed by atoms with Crippen molar-refractivity contribution in [3.8, 4) is 22.8 Å². The lowest BCUT2D eigenvalue weighted by Crippen LogP contribution is -2.35. The first-order valence-electron chi connectivity index (χ1n) is 10.1. The van der Waals surface area contributed by atoms with E-state index in [0.717, 1.165) is 16.7 Å². The molecular weight excluding hydrogens is 410 g/mol. The van der Waals surface area contributed by atoms with Gasteiger partial charge in [0.2, 0.25) is 15.8 Å². The molecule has 0 spiro atoms. The number of rotatable bonds is 4. The standard InChI is InChI=1S/C24H21N3O3S/c1-17-9-11-19(12-10-17)23-25-24(30-26-23)20-7-4-8-22(15-20)31(28,29)27-14-13-18-5-2-3-6-21(18)16-27/h2-12,15H,13-14,16H2,1H3. The van der Waals surface area contributed by atoms with Gasteiger partial charge < -0.3 is 4.52 Å². The quantitative estimate of drug-likeness (QED) is 0.477. The second-order valence-electron chi connectivity index (χ2n) is 7.67. The number of hydrogen-bond donors (Lipinski definition) is 0. The van der Waals surface area contributed by atoms with E-state index in [0.29, 0.717) is 30.9 Å². The van der Waals surface area contributed by atoms with Crippen molar-refractivity contribution < 1.29 is 12.9 Å². The van der Waals surface area contributed by atoms with E-state index in [1.54, 1.807) is 24.3 Å². The average Bonchev–Trinajstić information content (AvgIpc) is 3.30. The molecule has 4 aromatic rings. The van der Waals surface area contributed by atoms with Crippen molar-refractivity contribution >= 4 is 10.0 Å². The molecule has 0 aliphatic carbocycles. The summed E-state index contributed by atoms with van der Waals surface area (Å²) in [5.41, 5.74) is 4.82. The van der Waals surface area contributed by atoms with Crippen LogP contribution in [0.5, 0.6) is 0 Å². The van der Waals surface area contributed by atoms with Gasteiger partial charge in [-0.1, -0.05) is 65.3 Å². The van der Waals surface area contributed by atoms with Crippen LogP contribution < -0.4 is 0 Å². The highest BCUT2D eigenvalue weighted by Crippen LogP contribution is 2.28. The summed E-state index contributed by atoms with van der Waals surface area (Å²) in [6.45, 7) is 2.85. The van der Waals surface area contributed by atoms with E-state index in [-0.39, 0.29) is 10.8 Å². The maximum absolute atomic E-state index is 13.3. The van der Waals surface area contributed by atoms with Crippen LogP contribution in [-0.2, 0) is 23.0 Å². The van der Waals surface area contributed by atoms with Gasteiger partial charge in [-0.05, 0) is 42.7 Å². The van der Waals surface area contributed by atoms with Gasteiger partial charge in [0.25, 0.3) is 5.89 Å². The molecule has 0 fully saturated rings. The van der Waals surface area contributed by atoms with Gasteiger partial charge in [-0.25, -0.2) is 8.42 Å². The summed E-state index contributed by atoms with van der Waals surface area (Å²) >= 11 is 0. The third-order valence-electron chi connectivity index (χ3n) is 5.55. The molecule has 0 N–H and O–H groups in total. The van der Waals surface area contributed by atoms with Crippen molar-refractivity contribution in [1.29, 1.82) is 0 Å². The summed E-state index contributed by atoms with van der Waals surface area (Å²) in [5.74, 6) is 0.757. The van der Waals surface area contributed by atoms with Gasteiger partial charge in [0.05, 0.1) is 4.90 Å². The fourth-order valence-corrected chi connectivity index (χ4v) is 5.24. The normalized spacial score (nSPS) is 14.4. The molecule has 6 nitrogen and oxygen atoms in total. The monoisotopic (exact) mass is 431 g/mol. The number of benzene rings is 3. The molecule has 7 heteroatoms. The van der Waals surface area contributed by atoms with E-state index in [9.17, 15) is 8.42 Å². The van der Waals surface area contributed by atoms with Crippen molar-refractivity contribution in [3.05, 3.63) is 89.5 Å². The van der Waals surface area contributed by atoms with Crippen LogP contribution in [0.2, 0.25) is 0 Å². The van der Waals surface area contributed by atoms with Crippen molar-refractivity contribution in [2.24, 2.45) is 0 Å². The lowest BCUT2D eigenvalue weighted by atomic mass is 10.0. The molecule has 2 heterocycles. The molecular formula is C24H21N3O3S. The van der Waals surface area contributed by atoms with Crippen molar-refractivity contribution in [1.82, 2.24) is 14.4 Å². The SMILES string of the molecule is Cc1ccc(-c2noc(-c3cccc(S(=O)(=O)N4CCc5ccccc5C4)c3)n2)cc1. The third kappa shape index (κ3) is 3.78. The highest BCUT2D eigenvalue weighted by molar-refractivity contribution is 7.89. The smallest absolute Gasteiger partial charge is 0.258 e. The molecule has 1 aromatic heterocycles. The van der Waals surface area contributed by atoms with Crippen molar-refractivity contribution in [3.63, 3.8) is 0 Å². The Bertz CT molecular complexity index is 1340. The molecule has 0 amide bonds. The van der Waals surface area contributed by atoms with E-state index >= 15 is 0 Å². The largest absolute Gasteiger partial charge is 0.334 e. The minimum absolute atomic E-state index is 0.222. The van der Waals surface area contributed by atoms with Gasteiger partial charge in [0, 0.05) is 24.2 Å².